The molecule has 0 aromatic carbocycles. The number of aromatic amines is 1. The van der Waals surface area contributed by atoms with E-state index in [9.17, 15) is 33.9 Å². The van der Waals surface area contributed by atoms with Crippen LogP contribution in [-0.2, 0) is 35.2 Å². The Bertz CT molecular complexity index is 878. The lowest BCUT2D eigenvalue weighted by Crippen LogP contribution is -2.58. The van der Waals surface area contributed by atoms with Crippen molar-refractivity contribution < 1.29 is 44.1 Å². The Balaban J connectivity index is 2.85. The molecule has 0 saturated carbocycles. The number of thiol groups is 1. The fourth-order valence-electron chi connectivity index (χ4n) is 2.50. The fourth-order valence-corrected chi connectivity index (χ4v) is 2.76. The first-order valence-electron chi connectivity index (χ1n) is 9.35. The van der Waals surface area contributed by atoms with Crippen LogP contribution in [0.3, 0.4) is 0 Å². The maximum atomic E-state index is 12.5. The topological polar surface area (TPSA) is 254 Å². The molecule has 9 N–H and O–H groups in total. The zero-order valence-electron chi connectivity index (χ0n) is 17.1. The lowest BCUT2D eigenvalue weighted by molar-refractivity contribution is -0.143. The summed E-state index contributed by atoms with van der Waals surface area (Å²) in [4.78, 5) is 76.7. The van der Waals surface area contributed by atoms with Crippen LogP contribution in [0.4, 0.5) is 0 Å². The standard InChI is InChI=1S/C17H24N6O9S/c18-8(2-12(24)25)14(28)21-9(3-13(26)27)15(29)23-11(5-33)16(30)22-10(17(31)32)1-7-4-19-6-20-7/h4,6,8-11,33H,1-3,5,18H2,(H,19,20)(H,21,28)(H,22,30)(H,23,29)(H,24,25)(H,26,27)(H,31,32). The Morgan fingerprint density at radius 3 is 1.94 bits per heavy atom. The quantitative estimate of drug-likeness (QED) is 0.117. The van der Waals surface area contributed by atoms with E-state index in [4.69, 9.17) is 15.9 Å². The Morgan fingerprint density at radius 2 is 1.45 bits per heavy atom. The molecule has 33 heavy (non-hydrogen) atoms. The minimum Gasteiger partial charge on any atom is -0.481 e. The zero-order chi connectivity index (χ0) is 25.1. The fraction of sp³-hybridized carbons (Fsp3) is 0.471. The van der Waals surface area contributed by atoms with Crippen LogP contribution in [0.1, 0.15) is 18.5 Å². The molecule has 0 fully saturated rings. The number of rotatable bonds is 14. The number of carboxylic acid groups (broad SMARTS) is 3. The van der Waals surface area contributed by atoms with Crippen molar-refractivity contribution in [3.05, 3.63) is 18.2 Å². The summed E-state index contributed by atoms with van der Waals surface area (Å²) < 4.78 is 0. The van der Waals surface area contributed by atoms with Gasteiger partial charge in [0.1, 0.15) is 18.1 Å². The van der Waals surface area contributed by atoms with Crippen LogP contribution in [0.2, 0.25) is 0 Å². The summed E-state index contributed by atoms with van der Waals surface area (Å²) in [5, 5.41) is 33.5. The average molecular weight is 488 g/mol. The van der Waals surface area contributed by atoms with E-state index < -0.39 is 72.6 Å². The molecule has 0 aliphatic carbocycles. The maximum Gasteiger partial charge on any atom is 0.326 e. The number of aliphatic carboxylic acids is 3. The van der Waals surface area contributed by atoms with Crippen LogP contribution in [-0.4, -0.2) is 90.8 Å². The largest absolute Gasteiger partial charge is 0.481 e. The first-order valence-corrected chi connectivity index (χ1v) is 9.99. The first-order chi connectivity index (χ1) is 15.4. The van der Waals surface area contributed by atoms with Gasteiger partial charge in [-0.2, -0.15) is 12.6 Å². The number of hydrogen-bond donors (Lipinski definition) is 9. The number of carbonyl (C=O) groups is 6. The molecule has 1 heterocycles. The van der Waals surface area contributed by atoms with E-state index in [1.54, 1.807) is 0 Å². The number of carboxylic acids is 3. The van der Waals surface area contributed by atoms with E-state index in [1.807, 2.05) is 5.32 Å². The van der Waals surface area contributed by atoms with Gasteiger partial charge in [-0.3, -0.25) is 24.0 Å². The van der Waals surface area contributed by atoms with Crippen molar-refractivity contribution in [2.45, 2.75) is 43.4 Å². The lowest BCUT2D eigenvalue weighted by atomic mass is 10.1. The summed E-state index contributed by atoms with van der Waals surface area (Å²) in [5.74, 6) is -7.61. The molecule has 0 bridgehead atoms. The van der Waals surface area contributed by atoms with E-state index in [-0.39, 0.29) is 12.2 Å². The van der Waals surface area contributed by atoms with E-state index in [0.717, 1.165) is 0 Å². The van der Waals surface area contributed by atoms with Crippen molar-refractivity contribution in [1.82, 2.24) is 25.9 Å². The van der Waals surface area contributed by atoms with E-state index >= 15 is 0 Å². The van der Waals surface area contributed by atoms with E-state index in [2.05, 4.69) is 33.2 Å². The van der Waals surface area contributed by atoms with Gasteiger partial charge in [0.05, 0.1) is 25.2 Å². The molecular formula is C17H24N6O9S. The second kappa shape index (κ2) is 13.0. The smallest absolute Gasteiger partial charge is 0.326 e. The summed E-state index contributed by atoms with van der Waals surface area (Å²) in [6.45, 7) is 0. The number of nitrogens with two attached hydrogens (primary N) is 1. The Kier molecular flexibility index (Phi) is 10.8. The molecule has 15 nitrogen and oxygen atoms in total. The number of nitrogens with zero attached hydrogens (tertiary/aromatic N) is 1. The number of H-pyrrole nitrogens is 1. The highest BCUT2D eigenvalue weighted by Gasteiger charge is 2.31. The van der Waals surface area contributed by atoms with Gasteiger partial charge in [-0.25, -0.2) is 9.78 Å². The van der Waals surface area contributed by atoms with Gasteiger partial charge in [0.2, 0.25) is 17.7 Å². The van der Waals surface area contributed by atoms with Crippen molar-refractivity contribution in [2.24, 2.45) is 5.73 Å². The molecule has 1 rings (SSSR count). The average Bonchev–Trinajstić information content (AvgIpc) is 3.22. The summed E-state index contributed by atoms with van der Waals surface area (Å²) in [5.41, 5.74) is 5.83. The maximum absolute atomic E-state index is 12.5. The highest BCUT2D eigenvalue weighted by molar-refractivity contribution is 7.80. The Morgan fingerprint density at radius 1 is 0.909 bits per heavy atom. The van der Waals surface area contributed by atoms with Crippen molar-refractivity contribution in [3.63, 3.8) is 0 Å². The minimum absolute atomic E-state index is 0.131. The van der Waals surface area contributed by atoms with Gasteiger partial charge in [-0.15, -0.1) is 0 Å². The van der Waals surface area contributed by atoms with Crippen LogP contribution in [0.15, 0.2) is 12.5 Å². The third-order valence-corrected chi connectivity index (χ3v) is 4.52. The number of carbonyl (C=O) groups excluding carboxylic acids is 3. The lowest BCUT2D eigenvalue weighted by Gasteiger charge is -2.23. The molecule has 0 radical (unpaired) electrons. The van der Waals surface area contributed by atoms with Gasteiger partial charge in [-0.1, -0.05) is 0 Å². The van der Waals surface area contributed by atoms with E-state index in [0.29, 0.717) is 5.69 Å². The van der Waals surface area contributed by atoms with Gasteiger partial charge in [0.25, 0.3) is 0 Å². The number of aromatic nitrogens is 2. The number of imidazole rings is 1. The highest BCUT2D eigenvalue weighted by Crippen LogP contribution is 2.02. The predicted octanol–water partition coefficient (Wildman–Crippen LogP) is -3.30. The molecule has 3 amide bonds. The van der Waals surface area contributed by atoms with Crippen molar-refractivity contribution in [1.29, 1.82) is 0 Å². The molecule has 0 saturated heterocycles. The number of hydrogen-bond acceptors (Lipinski definition) is 9. The van der Waals surface area contributed by atoms with Crippen LogP contribution in [0.5, 0.6) is 0 Å². The van der Waals surface area contributed by atoms with Gasteiger partial charge in [-0.05, 0) is 0 Å². The van der Waals surface area contributed by atoms with E-state index in [1.165, 1.54) is 12.5 Å². The number of nitrogens with one attached hydrogen (secondary N) is 4. The molecule has 0 aliphatic rings. The van der Waals surface area contributed by atoms with Crippen molar-refractivity contribution in [3.8, 4) is 0 Å². The molecule has 1 aromatic heterocycles. The Hall–Kier alpha value is -3.66. The zero-order valence-corrected chi connectivity index (χ0v) is 17.9. The molecule has 1 aromatic rings. The summed E-state index contributed by atoms with van der Waals surface area (Å²) in [6, 6.07) is -5.99. The van der Waals surface area contributed by atoms with Crippen molar-refractivity contribution >= 4 is 48.3 Å². The predicted molar refractivity (Wildman–Crippen MR) is 112 cm³/mol. The van der Waals surface area contributed by atoms with Gasteiger partial charge in [0.15, 0.2) is 0 Å². The third kappa shape index (κ3) is 9.56. The summed E-state index contributed by atoms with van der Waals surface area (Å²) in [7, 11) is 0. The molecule has 0 aliphatic heterocycles. The van der Waals surface area contributed by atoms with Crippen LogP contribution in [0, 0.1) is 0 Å². The van der Waals surface area contributed by atoms with Gasteiger partial charge < -0.3 is 42.0 Å². The molecule has 4 unspecified atom stereocenters. The van der Waals surface area contributed by atoms with Crippen molar-refractivity contribution in [2.75, 3.05) is 5.75 Å². The first kappa shape index (κ1) is 27.4. The van der Waals surface area contributed by atoms with Crippen LogP contribution < -0.4 is 21.7 Å². The minimum atomic E-state index is -1.69. The number of amides is 3. The van der Waals surface area contributed by atoms with Crippen LogP contribution in [0.25, 0.3) is 0 Å². The Labute approximate surface area is 191 Å². The second-order valence-corrected chi connectivity index (χ2v) is 7.15. The SMILES string of the molecule is NC(CC(=O)O)C(=O)NC(CC(=O)O)C(=O)NC(CS)C(=O)NC(Cc1cnc[nH]1)C(=O)O. The van der Waals surface area contributed by atoms with Gasteiger partial charge >= 0.3 is 17.9 Å². The molecule has 16 heteroatoms. The summed E-state index contributed by atoms with van der Waals surface area (Å²) in [6.07, 6.45) is 0.908. The monoisotopic (exact) mass is 488 g/mol. The molecule has 4 atom stereocenters. The third-order valence-electron chi connectivity index (χ3n) is 4.15. The summed E-state index contributed by atoms with van der Waals surface area (Å²) >= 11 is 3.94. The van der Waals surface area contributed by atoms with Crippen LogP contribution >= 0.6 is 12.6 Å². The molecule has 0 spiro atoms. The molecule has 182 valence electrons. The normalized spacial score (nSPS) is 14.2. The van der Waals surface area contributed by atoms with Gasteiger partial charge in [0, 0.05) is 24.1 Å². The highest BCUT2D eigenvalue weighted by atomic mass is 32.1. The molecular weight excluding hydrogens is 464 g/mol. The second-order valence-electron chi connectivity index (χ2n) is 6.79.